The molecule has 1 aliphatic rings. The van der Waals surface area contributed by atoms with Crippen LogP contribution in [0.25, 0.3) is 0 Å². The summed E-state index contributed by atoms with van der Waals surface area (Å²) in [6.45, 7) is 5.28. The fraction of sp³-hybridized carbons (Fsp3) is 0.400. The molecule has 0 aromatic carbocycles. The maximum atomic E-state index is 9.33. The Hall–Kier alpha value is -1.39. The van der Waals surface area contributed by atoms with Gasteiger partial charge in [0, 0.05) is 17.1 Å². The Kier molecular flexibility index (Phi) is 3.29. The van der Waals surface area contributed by atoms with E-state index in [0.717, 1.165) is 30.0 Å². The van der Waals surface area contributed by atoms with Gasteiger partial charge in [-0.25, -0.2) is 4.98 Å². The third-order valence-corrected chi connectivity index (χ3v) is 4.75. The number of anilines is 1. The molecule has 2 aromatic heterocycles. The van der Waals surface area contributed by atoms with Crippen molar-refractivity contribution in [1.29, 1.82) is 0 Å². The molecule has 0 amide bonds. The monoisotopic (exact) mass is 274 g/mol. The van der Waals surface area contributed by atoms with Gasteiger partial charge >= 0.3 is 0 Å². The molecular weight excluding hydrogens is 256 g/mol. The maximum absolute atomic E-state index is 9.33. The summed E-state index contributed by atoms with van der Waals surface area (Å²) in [5.41, 5.74) is 3.32. The highest BCUT2D eigenvalue weighted by Gasteiger charge is 2.25. The van der Waals surface area contributed by atoms with E-state index in [0.29, 0.717) is 6.04 Å². The molecule has 100 valence electrons. The van der Waals surface area contributed by atoms with Gasteiger partial charge in [-0.2, -0.15) is 0 Å². The van der Waals surface area contributed by atoms with E-state index in [2.05, 4.69) is 28.3 Å². The predicted molar refractivity (Wildman–Crippen MR) is 78.7 cm³/mol. The first-order valence-corrected chi connectivity index (χ1v) is 7.48. The molecule has 0 saturated carbocycles. The number of pyridine rings is 1. The molecule has 2 aromatic rings. The first kappa shape index (κ1) is 12.6. The zero-order valence-corrected chi connectivity index (χ0v) is 12.1. The van der Waals surface area contributed by atoms with Crippen LogP contribution in [-0.4, -0.2) is 16.6 Å². The van der Waals surface area contributed by atoms with Gasteiger partial charge in [0.2, 0.25) is 0 Å². The van der Waals surface area contributed by atoms with E-state index in [9.17, 15) is 5.11 Å². The van der Waals surface area contributed by atoms with Gasteiger partial charge in [-0.1, -0.05) is 0 Å². The lowest BCUT2D eigenvalue weighted by Crippen LogP contribution is -2.33. The van der Waals surface area contributed by atoms with Gasteiger partial charge in [0.25, 0.3) is 0 Å². The van der Waals surface area contributed by atoms with Crippen LogP contribution in [0.5, 0.6) is 0 Å². The molecule has 0 bridgehead atoms. The zero-order chi connectivity index (χ0) is 13.4. The van der Waals surface area contributed by atoms with E-state index in [1.165, 1.54) is 10.4 Å². The summed E-state index contributed by atoms with van der Waals surface area (Å²) in [4.78, 5) is 8.46. The Morgan fingerprint density at radius 2 is 2.32 bits per heavy atom. The van der Waals surface area contributed by atoms with Crippen molar-refractivity contribution in [3.05, 3.63) is 45.3 Å². The molecule has 0 aliphatic carbocycles. The summed E-state index contributed by atoms with van der Waals surface area (Å²) in [6, 6.07) is 6.52. The van der Waals surface area contributed by atoms with Crippen LogP contribution in [-0.2, 0) is 13.0 Å². The van der Waals surface area contributed by atoms with Gasteiger partial charge in [0.05, 0.1) is 12.6 Å². The highest BCUT2D eigenvalue weighted by molar-refractivity contribution is 7.10. The predicted octanol–water partition coefficient (Wildman–Crippen LogP) is 3.07. The second kappa shape index (κ2) is 4.94. The number of aliphatic hydroxyl groups is 1. The van der Waals surface area contributed by atoms with E-state index < -0.39 is 0 Å². The van der Waals surface area contributed by atoms with Gasteiger partial charge in [-0.3, -0.25) is 0 Å². The van der Waals surface area contributed by atoms with Crippen molar-refractivity contribution in [2.75, 3.05) is 11.4 Å². The number of aromatic nitrogens is 1. The summed E-state index contributed by atoms with van der Waals surface area (Å²) in [5.74, 6) is 0.980. The standard InChI is InChI=1S/C15H18N2OS/c1-10-7-12(9-18)8-15(16-10)17-5-3-14-13(11(17)2)4-6-19-14/h4,6-8,11,18H,3,5,9H2,1-2H3. The van der Waals surface area contributed by atoms with Gasteiger partial charge in [0.15, 0.2) is 0 Å². The number of rotatable bonds is 2. The van der Waals surface area contributed by atoms with Gasteiger partial charge in [-0.05, 0) is 55.0 Å². The van der Waals surface area contributed by atoms with Crippen molar-refractivity contribution >= 4 is 17.2 Å². The summed E-state index contributed by atoms with van der Waals surface area (Å²) in [7, 11) is 0. The fourth-order valence-electron chi connectivity index (χ4n) is 2.78. The highest BCUT2D eigenvalue weighted by atomic mass is 32.1. The van der Waals surface area contributed by atoms with E-state index in [-0.39, 0.29) is 6.61 Å². The molecule has 0 spiro atoms. The van der Waals surface area contributed by atoms with E-state index >= 15 is 0 Å². The van der Waals surface area contributed by atoms with Crippen LogP contribution >= 0.6 is 11.3 Å². The fourth-order valence-corrected chi connectivity index (χ4v) is 3.74. The second-order valence-corrected chi connectivity index (χ2v) is 6.05. The van der Waals surface area contributed by atoms with Crippen molar-refractivity contribution in [2.45, 2.75) is 32.9 Å². The number of aliphatic hydroxyl groups excluding tert-OH is 1. The number of thiophene rings is 1. The maximum Gasteiger partial charge on any atom is 0.129 e. The van der Waals surface area contributed by atoms with Crippen molar-refractivity contribution in [2.24, 2.45) is 0 Å². The van der Waals surface area contributed by atoms with Crippen molar-refractivity contribution in [1.82, 2.24) is 4.98 Å². The van der Waals surface area contributed by atoms with Crippen LogP contribution in [0.15, 0.2) is 23.6 Å². The minimum atomic E-state index is 0.0717. The minimum Gasteiger partial charge on any atom is -0.392 e. The third-order valence-electron chi connectivity index (χ3n) is 3.75. The minimum absolute atomic E-state index is 0.0717. The summed E-state index contributed by atoms with van der Waals surface area (Å²) in [5, 5.41) is 11.5. The van der Waals surface area contributed by atoms with Gasteiger partial charge < -0.3 is 10.0 Å². The van der Waals surface area contributed by atoms with Crippen molar-refractivity contribution in [3.8, 4) is 0 Å². The van der Waals surface area contributed by atoms with Crippen molar-refractivity contribution < 1.29 is 5.11 Å². The van der Waals surface area contributed by atoms with E-state index in [1.807, 2.05) is 30.4 Å². The zero-order valence-electron chi connectivity index (χ0n) is 11.3. The van der Waals surface area contributed by atoms with Crippen LogP contribution < -0.4 is 4.90 Å². The molecule has 3 nitrogen and oxygen atoms in total. The largest absolute Gasteiger partial charge is 0.392 e. The smallest absolute Gasteiger partial charge is 0.129 e. The molecule has 19 heavy (non-hydrogen) atoms. The Labute approximate surface area is 117 Å². The van der Waals surface area contributed by atoms with Crippen LogP contribution in [0.2, 0.25) is 0 Å². The number of nitrogens with zero attached hydrogens (tertiary/aromatic N) is 2. The van der Waals surface area contributed by atoms with E-state index in [4.69, 9.17) is 0 Å². The average molecular weight is 274 g/mol. The Bertz CT molecular complexity index is 594. The molecule has 3 rings (SSSR count). The lowest BCUT2D eigenvalue weighted by molar-refractivity contribution is 0.281. The number of hydrogen-bond acceptors (Lipinski definition) is 4. The molecule has 1 atom stereocenters. The van der Waals surface area contributed by atoms with Gasteiger partial charge in [0.1, 0.15) is 5.82 Å². The van der Waals surface area contributed by atoms with Gasteiger partial charge in [-0.15, -0.1) is 11.3 Å². The number of aryl methyl sites for hydroxylation is 1. The first-order chi connectivity index (χ1) is 9.19. The molecule has 0 radical (unpaired) electrons. The lowest BCUT2D eigenvalue weighted by atomic mass is 10.0. The number of fused-ring (bicyclic) bond motifs is 1. The SMILES string of the molecule is Cc1cc(CO)cc(N2CCc3sccc3C2C)n1. The summed E-state index contributed by atoms with van der Waals surface area (Å²) < 4.78 is 0. The van der Waals surface area contributed by atoms with Crippen LogP contribution in [0.4, 0.5) is 5.82 Å². The van der Waals surface area contributed by atoms with E-state index in [1.54, 1.807) is 0 Å². The normalized spacial score (nSPS) is 18.5. The second-order valence-electron chi connectivity index (χ2n) is 5.05. The molecular formula is C15H18N2OS. The van der Waals surface area contributed by atoms with Crippen LogP contribution in [0.3, 0.4) is 0 Å². The summed E-state index contributed by atoms with van der Waals surface area (Å²) >= 11 is 1.85. The molecule has 3 heterocycles. The highest BCUT2D eigenvalue weighted by Crippen LogP contribution is 2.35. The van der Waals surface area contributed by atoms with Crippen molar-refractivity contribution in [3.63, 3.8) is 0 Å². The quantitative estimate of drug-likeness (QED) is 0.914. The molecule has 0 fully saturated rings. The molecule has 1 unspecified atom stereocenters. The number of hydrogen-bond donors (Lipinski definition) is 1. The Morgan fingerprint density at radius 1 is 1.47 bits per heavy atom. The average Bonchev–Trinajstić information content (AvgIpc) is 2.87. The molecule has 4 heteroatoms. The van der Waals surface area contributed by atoms with Crippen LogP contribution in [0, 0.1) is 6.92 Å². The lowest BCUT2D eigenvalue weighted by Gasteiger charge is -2.35. The van der Waals surface area contributed by atoms with Crippen LogP contribution in [0.1, 0.15) is 34.7 Å². The Balaban J connectivity index is 1.97. The molecule has 1 aliphatic heterocycles. The topological polar surface area (TPSA) is 36.4 Å². The first-order valence-electron chi connectivity index (χ1n) is 6.60. The third kappa shape index (κ3) is 2.26. The molecule has 0 saturated heterocycles. The summed E-state index contributed by atoms with van der Waals surface area (Å²) in [6.07, 6.45) is 1.08. The Morgan fingerprint density at radius 3 is 3.11 bits per heavy atom. The molecule has 1 N–H and O–H groups in total.